The molecule has 0 bridgehead atoms. The van der Waals surface area contributed by atoms with Crippen molar-refractivity contribution in [1.29, 1.82) is 0 Å². The summed E-state index contributed by atoms with van der Waals surface area (Å²) in [7, 11) is 1.74. The van der Waals surface area contributed by atoms with E-state index >= 15 is 0 Å². The molecule has 22 heteroatoms. The standard InChI is InChI=1S/C15H28N2O.2C15H22N2O.C14H24N2O2.C14H27NO.C13H25NO.C12H23NO2.C11H21NO/c1-15(2,3)14(18)17-11-7-13(8-12-17)16-9-5-4-6-10-16;2*1-15(2,3)14(18)17-11-9-16(10-12-17)13-7-5-4-6-8-13;1-14(2,3)13(18)15-9-6-11(7-10-15)16-8-4-5-12(16)17;1-5-6-7-12-8-10-15(11-9-12)13(16)14(2,3)4;1-5-6-11-7-9-14(10-8-11)12(15)13(2,3)4;1-12(2,3)11(14)13-7-5-10(6-8-13)9-15-4;1-9-5-7-12(8-6-9)10(13)11(2,3)4/h13H,4-12H2,1-3H3;2*4-8H,9-12H2,1-3H3;11H,4-10H2,1-3H3;12H,5-11H2,1-4H3;11H,5-10H2,1-4H3;10H,5-9H2,1-4H3;9H,5-8H2,1-4H3. The highest BCUT2D eigenvalue weighted by molar-refractivity contribution is 5.85. The van der Waals surface area contributed by atoms with Crippen LogP contribution in [0.25, 0.3) is 0 Å². The second kappa shape index (κ2) is 53.6. The number of ether oxygens (including phenoxy) is 1. The maximum absolute atomic E-state index is 12.2. The molecule has 10 aliphatic rings. The summed E-state index contributed by atoms with van der Waals surface area (Å²) in [5, 5.41) is 0. The molecule has 2 aromatic carbocycles. The van der Waals surface area contributed by atoms with Crippen LogP contribution in [-0.4, -0.2) is 278 Å². The number of hydrogen-bond donors (Lipinski definition) is 0. The first-order chi connectivity index (χ1) is 61.1. The lowest BCUT2D eigenvalue weighted by Gasteiger charge is -2.41. The molecule has 12 rings (SSSR count). The van der Waals surface area contributed by atoms with Crippen molar-refractivity contribution in [3.8, 4) is 0 Å². The normalized spacial score (nSPS) is 19.8. The highest BCUT2D eigenvalue weighted by Gasteiger charge is 2.40. The lowest BCUT2D eigenvalue weighted by molar-refractivity contribution is -0.142. The first kappa shape index (κ1) is 115. The molecule has 0 saturated carbocycles. The molecule has 22 nitrogen and oxygen atoms in total. The fourth-order valence-corrected chi connectivity index (χ4v) is 19.1. The van der Waals surface area contributed by atoms with Gasteiger partial charge in [-0.15, -0.1) is 0 Å². The minimum atomic E-state index is -0.295. The third-order valence-corrected chi connectivity index (χ3v) is 27.3. The van der Waals surface area contributed by atoms with Crippen LogP contribution in [-0.2, 0) is 47.9 Å². The molecule has 10 aliphatic heterocycles. The van der Waals surface area contributed by atoms with E-state index in [0.29, 0.717) is 47.9 Å². The Morgan fingerprint density at radius 2 is 0.565 bits per heavy atom. The van der Waals surface area contributed by atoms with Gasteiger partial charge in [-0.25, -0.2) is 0 Å². The Hall–Kier alpha value is -6.81. The van der Waals surface area contributed by atoms with Crippen molar-refractivity contribution in [2.24, 2.45) is 67.0 Å². The minimum Gasteiger partial charge on any atom is -0.384 e. The molecular formula is C109H192N12O10. The number of para-hydroxylation sites is 2. The average molecular weight is 1830 g/mol. The van der Waals surface area contributed by atoms with Crippen molar-refractivity contribution in [3.05, 3.63) is 60.7 Å². The van der Waals surface area contributed by atoms with Crippen molar-refractivity contribution in [3.63, 3.8) is 0 Å². The van der Waals surface area contributed by atoms with Crippen LogP contribution >= 0.6 is 0 Å². The van der Waals surface area contributed by atoms with E-state index in [9.17, 15) is 43.2 Å². The first-order valence-electron chi connectivity index (χ1n) is 51.6. The van der Waals surface area contributed by atoms with Gasteiger partial charge in [0.05, 0.1) is 0 Å². The lowest BCUT2D eigenvalue weighted by Crippen LogP contribution is -2.51. The number of piperidine rings is 7. The van der Waals surface area contributed by atoms with Crippen LogP contribution in [0.3, 0.4) is 0 Å². The van der Waals surface area contributed by atoms with Gasteiger partial charge in [0.25, 0.3) is 0 Å². The van der Waals surface area contributed by atoms with Crippen LogP contribution in [0.1, 0.15) is 328 Å². The Morgan fingerprint density at radius 1 is 0.298 bits per heavy atom. The molecule has 9 amide bonds. The number of carbonyl (C=O) groups excluding carboxylic acids is 9. The monoisotopic (exact) mass is 1830 g/mol. The van der Waals surface area contributed by atoms with Crippen molar-refractivity contribution >= 4 is 64.5 Å². The topological polar surface area (TPSA) is 202 Å². The zero-order valence-electron chi connectivity index (χ0n) is 88.7. The number of rotatable bonds is 11. The quantitative estimate of drug-likeness (QED) is 0.206. The van der Waals surface area contributed by atoms with Gasteiger partial charge in [-0.1, -0.05) is 262 Å². The number of piperazine rings is 2. The molecule has 0 atom stereocenters. The summed E-state index contributed by atoms with van der Waals surface area (Å²) in [5.41, 5.74) is 0.571. The Bertz CT molecular complexity index is 3540. The molecule has 10 heterocycles. The van der Waals surface area contributed by atoms with E-state index in [1.807, 2.05) is 213 Å². The highest BCUT2D eigenvalue weighted by atomic mass is 16.5. The second-order valence-corrected chi connectivity index (χ2v) is 47.6. The summed E-state index contributed by atoms with van der Waals surface area (Å²) in [6.07, 6.45) is 26.0. The average Bonchev–Trinajstić information content (AvgIpc) is 1.82. The number of amides is 9. The van der Waals surface area contributed by atoms with E-state index in [1.54, 1.807) is 7.11 Å². The van der Waals surface area contributed by atoms with Gasteiger partial charge in [0, 0.05) is 224 Å². The zero-order chi connectivity index (χ0) is 98.0. The molecule has 131 heavy (non-hydrogen) atoms. The van der Waals surface area contributed by atoms with Crippen molar-refractivity contribution in [2.75, 3.05) is 174 Å². The van der Waals surface area contributed by atoms with Crippen LogP contribution in [0.2, 0.25) is 0 Å². The van der Waals surface area contributed by atoms with E-state index in [-0.39, 0.29) is 66.9 Å². The van der Waals surface area contributed by atoms with Crippen LogP contribution in [0.15, 0.2) is 60.7 Å². The molecule has 10 saturated heterocycles. The number of likely N-dealkylation sites (tertiary alicyclic amines) is 8. The van der Waals surface area contributed by atoms with Crippen molar-refractivity contribution in [2.45, 2.75) is 340 Å². The van der Waals surface area contributed by atoms with Gasteiger partial charge in [-0.05, 0) is 157 Å². The van der Waals surface area contributed by atoms with Gasteiger partial charge in [0.2, 0.25) is 53.2 Å². The van der Waals surface area contributed by atoms with E-state index in [4.69, 9.17) is 4.74 Å². The molecule has 0 N–H and O–H groups in total. The Kier molecular flexibility index (Phi) is 47.0. The van der Waals surface area contributed by atoms with Crippen LogP contribution in [0, 0.1) is 67.0 Å². The van der Waals surface area contributed by atoms with Gasteiger partial charge in [0.15, 0.2) is 0 Å². The summed E-state index contributed by atoms with van der Waals surface area (Å²) >= 11 is 0. The SMILES string of the molecule is CC(C)(C)C(=O)N1CCC(N2CCCC2=O)CC1.CC(C)(C)C(=O)N1CCC(N2CCCCC2)CC1.CC(C)(C)C(=O)N1CCN(c2ccccc2)CC1.CC(C)(C)C(=O)N1CCN(c2ccccc2)CC1.CC1CCN(C(=O)C(C)(C)C)CC1.CCCC1CCN(C(=O)C(C)(C)C)CC1.CCCCC1CCN(C(=O)C(C)(C)C)CC1.COCC1CCN(C(=O)C(C)(C)C)CC1. The second-order valence-electron chi connectivity index (χ2n) is 47.6. The summed E-state index contributed by atoms with van der Waals surface area (Å²) < 4.78 is 5.14. The van der Waals surface area contributed by atoms with Crippen molar-refractivity contribution < 1.29 is 47.9 Å². The summed E-state index contributed by atoms with van der Waals surface area (Å²) in [5.74, 6) is 5.75. The smallest absolute Gasteiger partial charge is 0.228 e. The summed E-state index contributed by atoms with van der Waals surface area (Å²) in [6, 6.07) is 21.9. The number of nitrogens with zero attached hydrogens (tertiary/aromatic N) is 12. The third kappa shape index (κ3) is 39.8. The molecule has 0 spiro atoms. The predicted molar refractivity (Wildman–Crippen MR) is 541 cm³/mol. The van der Waals surface area contributed by atoms with E-state index in [1.165, 1.54) is 127 Å². The zero-order valence-corrected chi connectivity index (χ0v) is 88.7. The van der Waals surface area contributed by atoms with Gasteiger partial charge in [0.1, 0.15) is 0 Å². The van der Waals surface area contributed by atoms with Gasteiger partial charge in [-0.3, -0.25) is 43.2 Å². The predicted octanol–water partition coefficient (Wildman–Crippen LogP) is 19.7. The minimum absolute atomic E-state index is 0.208. The van der Waals surface area contributed by atoms with Crippen LogP contribution in [0.5, 0.6) is 0 Å². The lowest BCUT2D eigenvalue weighted by atomic mass is 9.89. The first-order valence-corrected chi connectivity index (χ1v) is 51.6. The van der Waals surface area contributed by atoms with Gasteiger partial charge in [-0.2, -0.15) is 0 Å². The molecule has 0 radical (unpaired) electrons. The van der Waals surface area contributed by atoms with E-state index in [2.05, 4.69) is 93.8 Å². The molecule has 2 aromatic rings. The maximum Gasteiger partial charge on any atom is 0.228 e. The summed E-state index contributed by atoms with van der Waals surface area (Å²) in [4.78, 5) is 134. The Labute approximate surface area is 799 Å². The molecular weight excluding hydrogens is 1640 g/mol. The number of benzene rings is 2. The highest BCUT2D eigenvalue weighted by Crippen LogP contribution is 2.34. The fraction of sp³-hybridized carbons (Fsp3) is 0.807. The molecule has 0 aromatic heterocycles. The van der Waals surface area contributed by atoms with Gasteiger partial charge < -0.3 is 63.5 Å². The van der Waals surface area contributed by atoms with Crippen LogP contribution < -0.4 is 9.80 Å². The largest absolute Gasteiger partial charge is 0.384 e. The Morgan fingerprint density at radius 3 is 0.832 bits per heavy atom. The Balaban J connectivity index is 0.000000266. The van der Waals surface area contributed by atoms with Crippen LogP contribution in [0.4, 0.5) is 11.4 Å². The fourth-order valence-electron chi connectivity index (χ4n) is 19.1. The van der Waals surface area contributed by atoms with Gasteiger partial charge >= 0.3 is 0 Å². The number of hydrogen-bond acceptors (Lipinski definition) is 13. The molecule has 748 valence electrons. The molecule has 0 unspecified atom stereocenters. The maximum atomic E-state index is 12.2. The third-order valence-electron chi connectivity index (χ3n) is 27.3. The number of methoxy groups -OCH3 is 1. The van der Waals surface area contributed by atoms with E-state index in [0.717, 1.165) is 200 Å². The number of carbonyl (C=O) groups is 9. The molecule has 0 aliphatic carbocycles. The summed E-state index contributed by atoms with van der Waals surface area (Å²) in [6.45, 7) is 77.0. The molecule has 10 fully saturated rings. The number of unbranched alkanes of at least 4 members (excludes halogenated alkanes) is 1. The van der Waals surface area contributed by atoms with E-state index < -0.39 is 0 Å². The van der Waals surface area contributed by atoms with Crippen molar-refractivity contribution in [1.82, 2.24) is 49.0 Å². The number of anilines is 2.